The van der Waals surface area contributed by atoms with Gasteiger partial charge in [0.25, 0.3) is 0 Å². The molecule has 0 aliphatic rings. The van der Waals surface area contributed by atoms with Crippen molar-refractivity contribution >= 4 is 11.6 Å². The van der Waals surface area contributed by atoms with E-state index in [1.165, 1.54) is 0 Å². The lowest BCUT2D eigenvalue weighted by molar-refractivity contribution is -0.429. The maximum Gasteiger partial charge on any atom is 0.456 e. The lowest BCUT2D eigenvalue weighted by Gasteiger charge is -2.25. The highest BCUT2D eigenvalue weighted by molar-refractivity contribution is 6.22. The van der Waals surface area contributed by atoms with E-state index in [0.29, 0.717) is 0 Å². The fourth-order valence-electron chi connectivity index (χ4n) is 0.275. The molecule has 14 heavy (non-hydrogen) atoms. The largest absolute Gasteiger partial charge is 0.456 e. The first-order valence-corrected chi connectivity index (χ1v) is 3.10. The first kappa shape index (κ1) is 13.7. The zero-order valence-electron chi connectivity index (χ0n) is 5.92. The summed E-state index contributed by atoms with van der Waals surface area (Å²) in [6.45, 7) is 0. The van der Waals surface area contributed by atoms with Gasteiger partial charge in [-0.05, 0) is 11.6 Å². The standard InChI is InChI=1S/C4HClF7O2/c5-3(10,4(11,12)13)14-2(8,9)1(6)7/h1H. The SMILES string of the molecule is [O]C(F)(F)C(F)(Cl)OC(F)(F)C(F)F. The quantitative estimate of drug-likeness (QED) is 0.556. The van der Waals surface area contributed by atoms with Crippen molar-refractivity contribution in [2.45, 2.75) is 24.0 Å². The van der Waals surface area contributed by atoms with Gasteiger partial charge < -0.3 is 0 Å². The van der Waals surface area contributed by atoms with Gasteiger partial charge in [0.1, 0.15) is 0 Å². The van der Waals surface area contributed by atoms with Gasteiger partial charge in [-0.3, -0.25) is 4.74 Å². The molecule has 0 aliphatic carbocycles. The van der Waals surface area contributed by atoms with Crippen LogP contribution in [-0.2, 0) is 9.84 Å². The number of rotatable bonds is 4. The molecule has 0 aromatic rings. The van der Waals surface area contributed by atoms with E-state index in [1.807, 2.05) is 0 Å². The Hall–Kier alpha value is -0.280. The van der Waals surface area contributed by atoms with Crippen molar-refractivity contribution in [2.24, 2.45) is 0 Å². The zero-order valence-corrected chi connectivity index (χ0v) is 6.67. The minimum absolute atomic E-state index is 2.20. The summed E-state index contributed by atoms with van der Waals surface area (Å²) >= 11 is 3.88. The molecule has 2 nitrogen and oxygen atoms in total. The van der Waals surface area contributed by atoms with E-state index in [-0.39, 0.29) is 0 Å². The van der Waals surface area contributed by atoms with Crippen LogP contribution in [0.2, 0.25) is 0 Å². The molecular weight excluding hydrogens is 248 g/mol. The van der Waals surface area contributed by atoms with Crippen LogP contribution in [0.5, 0.6) is 0 Å². The van der Waals surface area contributed by atoms with Gasteiger partial charge in [0.05, 0.1) is 0 Å². The van der Waals surface area contributed by atoms with Crippen LogP contribution in [0.3, 0.4) is 0 Å². The summed E-state index contributed by atoms with van der Waals surface area (Å²) in [4.78, 5) is 0. The predicted molar refractivity (Wildman–Crippen MR) is 27.4 cm³/mol. The molecule has 0 bridgehead atoms. The van der Waals surface area contributed by atoms with Gasteiger partial charge in [-0.25, -0.2) is 8.78 Å². The molecule has 0 aromatic carbocycles. The number of hydrogen-bond acceptors (Lipinski definition) is 1. The summed E-state index contributed by atoms with van der Waals surface area (Å²) in [5.74, 6) is 0. The number of ether oxygens (including phenoxy) is 1. The van der Waals surface area contributed by atoms with Gasteiger partial charge >= 0.3 is 24.0 Å². The fraction of sp³-hybridized carbons (Fsp3) is 1.00. The van der Waals surface area contributed by atoms with E-state index >= 15 is 0 Å². The van der Waals surface area contributed by atoms with Crippen molar-refractivity contribution in [1.82, 2.24) is 0 Å². The van der Waals surface area contributed by atoms with Gasteiger partial charge in [-0.15, -0.1) is 5.11 Å². The van der Waals surface area contributed by atoms with Gasteiger partial charge in [-0.2, -0.15) is 22.0 Å². The number of hydrogen-bond donors (Lipinski definition) is 0. The van der Waals surface area contributed by atoms with E-state index in [4.69, 9.17) is 0 Å². The van der Waals surface area contributed by atoms with E-state index in [9.17, 15) is 35.8 Å². The van der Waals surface area contributed by atoms with Crippen molar-refractivity contribution in [3.63, 3.8) is 0 Å². The first-order chi connectivity index (χ1) is 5.90. The molecular formula is C4HClF7O2. The molecule has 0 aromatic heterocycles. The van der Waals surface area contributed by atoms with Gasteiger partial charge in [0.15, 0.2) is 0 Å². The normalized spacial score (nSPS) is 18.4. The lowest BCUT2D eigenvalue weighted by atomic mass is 10.6. The van der Waals surface area contributed by atoms with Gasteiger partial charge in [-0.1, -0.05) is 0 Å². The van der Waals surface area contributed by atoms with Crippen LogP contribution in [0.15, 0.2) is 0 Å². The molecule has 0 N–H and O–H groups in total. The Morgan fingerprint density at radius 3 is 1.64 bits per heavy atom. The highest BCUT2D eigenvalue weighted by atomic mass is 35.5. The van der Waals surface area contributed by atoms with Crippen molar-refractivity contribution < 1.29 is 40.6 Å². The number of halogens is 8. The van der Waals surface area contributed by atoms with Crippen molar-refractivity contribution in [3.05, 3.63) is 0 Å². The second-order valence-electron chi connectivity index (χ2n) is 2.00. The monoisotopic (exact) mass is 249 g/mol. The predicted octanol–water partition coefficient (Wildman–Crippen LogP) is 2.75. The van der Waals surface area contributed by atoms with Crippen LogP contribution >= 0.6 is 11.6 Å². The van der Waals surface area contributed by atoms with Crippen LogP contribution in [0.4, 0.5) is 30.7 Å². The average molecular weight is 249 g/mol. The topological polar surface area (TPSA) is 29.1 Å². The highest BCUT2D eigenvalue weighted by Crippen LogP contribution is 2.41. The summed E-state index contributed by atoms with van der Waals surface area (Å²) < 4.78 is 83.6. The minimum Gasteiger partial charge on any atom is -0.257 e. The van der Waals surface area contributed by atoms with Crippen molar-refractivity contribution in [2.75, 3.05) is 0 Å². The molecule has 1 atom stereocenters. The van der Waals surface area contributed by atoms with Crippen LogP contribution in [0.25, 0.3) is 0 Å². The second kappa shape index (κ2) is 3.70. The Kier molecular flexibility index (Phi) is 3.63. The summed E-state index contributed by atoms with van der Waals surface area (Å²) in [6.07, 6.45) is -16.0. The molecule has 0 fully saturated rings. The summed E-state index contributed by atoms with van der Waals surface area (Å²) in [7, 11) is 0. The molecule has 0 amide bonds. The number of alkyl halides is 8. The first-order valence-electron chi connectivity index (χ1n) is 2.72. The molecule has 0 saturated carbocycles. The zero-order chi connectivity index (χ0) is 11.8. The maximum absolute atomic E-state index is 12.1. The molecule has 0 spiro atoms. The Bertz CT molecular complexity index is 200. The molecule has 0 saturated heterocycles. The van der Waals surface area contributed by atoms with Crippen LogP contribution in [-0.4, -0.2) is 24.0 Å². The second-order valence-corrected chi connectivity index (χ2v) is 2.48. The van der Waals surface area contributed by atoms with Crippen molar-refractivity contribution in [3.8, 4) is 0 Å². The maximum atomic E-state index is 12.1. The Balaban J connectivity index is 4.67. The molecule has 0 rings (SSSR count). The van der Waals surface area contributed by atoms with E-state index in [0.717, 1.165) is 0 Å². The van der Waals surface area contributed by atoms with Crippen LogP contribution in [0.1, 0.15) is 0 Å². The Morgan fingerprint density at radius 1 is 1.07 bits per heavy atom. The third-order valence-corrected chi connectivity index (χ3v) is 1.15. The summed E-state index contributed by atoms with van der Waals surface area (Å²) in [5.41, 5.74) is 0. The lowest BCUT2D eigenvalue weighted by Crippen LogP contribution is -2.47. The van der Waals surface area contributed by atoms with E-state index in [1.54, 1.807) is 0 Å². The molecule has 0 heterocycles. The van der Waals surface area contributed by atoms with Crippen molar-refractivity contribution in [1.29, 1.82) is 0 Å². The van der Waals surface area contributed by atoms with E-state index in [2.05, 4.69) is 16.3 Å². The molecule has 0 aliphatic heterocycles. The molecule has 1 radical (unpaired) electrons. The molecule has 85 valence electrons. The summed E-state index contributed by atoms with van der Waals surface area (Å²) in [5, 5.41) is 4.24. The smallest absolute Gasteiger partial charge is 0.257 e. The Morgan fingerprint density at radius 2 is 1.43 bits per heavy atom. The molecule has 1 unspecified atom stereocenters. The Labute approximate surface area is 77.2 Å². The van der Waals surface area contributed by atoms with Gasteiger partial charge in [0.2, 0.25) is 0 Å². The fourth-order valence-corrected chi connectivity index (χ4v) is 0.378. The van der Waals surface area contributed by atoms with E-state index < -0.39 is 24.0 Å². The highest BCUT2D eigenvalue weighted by Gasteiger charge is 2.63. The summed E-state index contributed by atoms with van der Waals surface area (Å²) in [6, 6.07) is 0. The third-order valence-electron chi connectivity index (χ3n) is 0.857. The average Bonchev–Trinajstić information content (AvgIpc) is 1.80. The minimum atomic E-state index is -5.80. The van der Waals surface area contributed by atoms with Gasteiger partial charge in [0, 0.05) is 0 Å². The van der Waals surface area contributed by atoms with Crippen LogP contribution in [0, 0.1) is 0 Å². The third kappa shape index (κ3) is 3.14. The van der Waals surface area contributed by atoms with Crippen LogP contribution < -0.4 is 0 Å². The molecule has 10 heteroatoms.